The van der Waals surface area contributed by atoms with Crippen LogP contribution in [0.3, 0.4) is 0 Å². The van der Waals surface area contributed by atoms with Gasteiger partial charge in [-0.05, 0) is 11.4 Å². The number of thiophene rings is 1. The van der Waals surface area contributed by atoms with Crippen LogP contribution in [0.15, 0.2) is 29.9 Å². The van der Waals surface area contributed by atoms with E-state index >= 15 is 0 Å². The van der Waals surface area contributed by atoms with Crippen LogP contribution in [0, 0.1) is 0 Å². The number of aliphatic hydroxyl groups is 1. The number of halogens is 3. The highest BCUT2D eigenvalue weighted by Crippen LogP contribution is 2.41. The first-order valence-electron chi connectivity index (χ1n) is 7.75. The minimum atomic E-state index is -5.13. The zero-order chi connectivity index (χ0) is 20.2. The van der Waals surface area contributed by atoms with Crippen molar-refractivity contribution in [1.82, 2.24) is 14.9 Å². The average Bonchev–Trinajstić information content (AvgIpc) is 3.24. The fraction of sp³-hybridized carbons (Fsp3) is 0.438. The summed E-state index contributed by atoms with van der Waals surface area (Å²) in [6.07, 6.45) is -4.37. The highest BCUT2D eigenvalue weighted by Gasteiger charge is 2.58. The Kier molecular flexibility index (Phi) is 6.26. The van der Waals surface area contributed by atoms with Gasteiger partial charge >= 0.3 is 12.1 Å². The number of nitrogens with one attached hydrogen (secondary N) is 1. The highest BCUT2D eigenvalue weighted by molar-refractivity contribution is 7.10. The van der Waals surface area contributed by atoms with Crippen molar-refractivity contribution in [3.8, 4) is 0 Å². The Morgan fingerprint density at radius 2 is 2.15 bits per heavy atom. The Hall–Kier alpha value is -2.40. The smallest absolute Gasteiger partial charge is 0.425 e. The molecule has 2 aromatic rings. The first-order valence-corrected chi connectivity index (χ1v) is 8.63. The van der Waals surface area contributed by atoms with E-state index in [2.05, 4.69) is 15.0 Å². The molecule has 0 aliphatic rings. The van der Waals surface area contributed by atoms with Crippen molar-refractivity contribution in [2.45, 2.75) is 30.7 Å². The number of hydrogen-bond donors (Lipinski definition) is 2. The van der Waals surface area contributed by atoms with Gasteiger partial charge in [0.05, 0.1) is 26.0 Å². The lowest BCUT2D eigenvalue weighted by molar-refractivity contribution is -0.271. The van der Waals surface area contributed by atoms with Crippen molar-refractivity contribution in [3.63, 3.8) is 0 Å². The van der Waals surface area contributed by atoms with Crippen LogP contribution in [0.2, 0.25) is 0 Å². The van der Waals surface area contributed by atoms with E-state index in [1.807, 2.05) is 0 Å². The summed E-state index contributed by atoms with van der Waals surface area (Å²) in [4.78, 5) is 28.0. The molecule has 2 unspecified atom stereocenters. The molecule has 0 saturated carbocycles. The van der Waals surface area contributed by atoms with E-state index in [4.69, 9.17) is 0 Å². The van der Waals surface area contributed by atoms with Gasteiger partial charge in [0, 0.05) is 24.3 Å². The molecule has 0 bridgehead atoms. The van der Waals surface area contributed by atoms with Gasteiger partial charge in [-0.3, -0.25) is 9.59 Å². The molecule has 0 fully saturated rings. The van der Waals surface area contributed by atoms with E-state index in [1.165, 1.54) is 31.7 Å². The Labute approximate surface area is 156 Å². The van der Waals surface area contributed by atoms with Crippen LogP contribution >= 0.6 is 11.3 Å². The van der Waals surface area contributed by atoms with Gasteiger partial charge in [0.1, 0.15) is 0 Å². The van der Waals surface area contributed by atoms with Crippen molar-refractivity contribution in [1.29, 1.82) is 0 Å². The van der Waals surface area contributed by atoms with E-state index in [0.717, 1.165) is 10.8 Å². The van der Waals surface area contributed by atoms with Crippen molar-refractivity contribution >= 4 is 23.2 Å². The zero-order valence-electron chi connectivity index (χ0n) is 14.5. The lowest BCUT2D eigenvalue weighted by atomic mass is 9.96. The molecule has 0 radical (unpaired) electrons. The second kappa shape index (κ2) is 8.09. The number of aryl methyl sites for hydroxylation is 1. The molecule has 7 nitrogen and oxygen atoms in total. The molecule has 0 saturated heterocycles. The molecule has 27 heavy (non-hydrogen) atoms. The summed E-state index contributed by atoms with van der Waals surface area (Å²) in [7, 11) is 2.45. The molecular formula is C16H18F3N3O4S. The number of rotatable bonds is 7. The molecule has 2 N–H and O–H groups in total. The number of alkyl halides is 3. The van der Waals surface area contributed by atoms with Gasteiger partial charge in [0.25, 0.3) is 0 Å². The van der Waals surface area contributed by atoms with E-state index in [1.54, 1.807) is 17.5 Å². The standard InChI is InChI=1S/C16H18F3N3O4S/c1-22-6-5-20-14(22)15(25,16(17,18)19)9-12(23)21-10(8-13(24)26-2)11-4-3-7-27-11/h3-7,10,25H,8-9H2,1-2H3,(H,21,23). The average molecular weight is 405 g/mol. The summed E-state index contributed by atoms with van der Waals surface area (Å²) < 4.78 is 46.1. The third-order valence-electron chi connectivity index (χ3n) is 3.90. The second-order valence-electron chi connectivity index (χ2n) is 5.81. The monoisotopic (exact) mass is 405 g/mol. The Morgan fingerprint density at radius 1 is 1.44 bits per heavy atom. The summed E-state index contributed by atoms with van der Waals surface area (Å²) in [5.74, 6) is -2.42. The van der Waals surface area contributed by atoms with E-state index in [9.17, 15) is 27.9 Å². The third-order valence-corrected chi connectivity index (χ3v) is 4.88. The summed E-state index contributed by atoms with van der Waals surface area (Å²) in [6.45, 7) is 0. The van der Waals surface area contributed by atoms with Gasteiger partial charge in [-0.1, -0.05) is 6.07 Å². The molecule has 0 spiro atoms. The number of aromatic nitrogens is 2. The maximum absolute atomic E-state index is 13.5. The Balaban J connectivity index is 2.24. The molecule has 0 aromatic carbocycles. The van der Waals surface area contributed by atoms with Crippen LogP contribution in [-0.2, 0) is 27.0 Å². The highest BCUT2D eigenvalue weighted by atomic mass is 32.1. The van der Waals surface area contributed by atoms with Crippen LogP contribution in [0.25, 0.3) is 0 Å². The molecule has 0 aliphatic carbocycles. The topological polar surface area (TPSA) is 93.4 Å². The SMILES string of the molecule is COC(=O)CC(NC(=O)CC(O)(c1nccn1C)C(F)(F)F)c1cccs1. The predicted octanol–water partition coefficient (Wildman–Crippen LogP) is 2.04. The lowest BCUT2D eigenvalue weighted by Crippen LogP contribution is -2.48. The number of hydrogen-bond acceptors (Lipinski definition) is 6. The first kappa shape index (κ1) is 20.9. The quantitative estimate of drug-likeness (QED) is 0.688. The maximum atomic E-state index is 13.5. The fourth-order valence-corrected chi connectivity index (χ4v) is 3.29. The summed E-state index contributed by atoms with van der Waals surface area (Å²) >= 11 is 1.23. The molecule has 11 heteroatoms. The van der Waals surface area contributed by atoms with Gasteiger partial charge < -0.3 is 19.7 Å². The molecule has 0 aliphatic heterocycles. The van der Waals surface area contributed by atoms with E-state index in [0.29, 0.717) is 4.88 Å². The minimum absolute atomic E-state index is 0.254. The summed E-state index contributed by atoms with van der Waals surface area (Å²) in [5.41, 5.74) is -3.47. The number of carbonyl (C=O) groups is 2. The van der Waals surface area contributed by atoms with Crippen LogP contribution in [0.1, 0.15) is 29.6 Å². The number of nitrogens with zero attached hydrogens (tertiary/aromatic N) is 2. The van der Waals surface area contributed by atoms with Crippen LogP contribution in [0.5, 0.6) is 0 Å². The Bertz CT molecular complexity index is 791. The summed E-state index contributed by atoms with van der Waals surface area (Å²) in [5, 5.41) is 14.3. The van der Waals surface area contributed by atoms with Gasteiger partial charge in [-0.25, -0.2) is 4.98 Å². The normalized spacial score (nSPS) is 15.0. The molecular weight excluding hydrogens is 387 g/mol. The number of ether oxygens (including phenoxy) is 1. The number of methoxy groups -OCH3 is 1. The van der Waals surface area contributed by atoms with Gasteiger partial charge in [0.2, 0.25) is 11.5 Å². The first-order chi connectivity index (χ1) is 12.6. The summed E-state index contributed by atoms with van der Waals surface area (Å²) in [6, 6.07) is 2.44. The van der Waals surface area contributed by atoms with Gasteiger partial charge in [-0.2, -0.15) is 13.2 Å². The predicted molar refractivity (Wildman–Crippen MR) is 89.6 cm³/mol. The molecule has 1 amide bonds. The van der Waals surface area contributed by atoms with Crippen molar-refractivity contribution in [2.75, 3.05) is 7.11 Å². The van der Waals surface area contributed by atoms with Gasteiger partial charge in [0.15, 0.2) is 5.82 Å². The minimum Gasteiger partial charge on any atom is -0.469 e. The number of amides is 1. The van der Waals surface area contributed by atoms with Crippen LogP contribution in [0.4, 0.5) is 13.2 Å². The molecule has 2 atom stereocenters. The van der Waals surface area contributed by atoms with E-state index in [-0.39, 0.29) is 6.42 Å². The fourth-order valence-electron chi connectivity index (χ4n) is 2.51. The van der Waals surface area contributed by atoms with Crippen LogP contribution in [-0.4, -0.2) is 39.8 Å². The molecule has 2 heterocycles. The van der Waals surface area contributed by atoms with Crippen LogP contribution < -0.4 is 5.32 Å². The van der Waals surface area contributed by atoms with E-state index < -0.39 is 41.9 Å². The molecule has 148 valence electrons. The van der Waals surface area contributed by atoms with Crippen molar-refractivity contribution < 1.29 is 32.6 Å². The molecule has 2 rings (SSSR count). The number of carbonyl (C=O) groups excluding carboxylic acids is 2. The zero-order valence-corrected chi connectivity index (χ0v) is 15.3. The third kappa shape index (κ3) is 4.66. The lowest BCUT2D eigenvalue weighted by Gasteiger charge is -2.30. The van der Waals surface area contributed by atoms with Crippen molar-refractivity contribution in [2.24, 2.45) is 7.05 Å². The number of esters is 1. The second-order valence-corrected chi connectivity index (χ2v) is 6.79. The Morgan fingerprint density at radius 3 is 2.63 bits per heavy atom. The maximum Gasteiger partial charge on any atom is 0.425 e. The molecule has 2 aromatic heterocycles. The van der Waals surface area contributed by atoms with Crippen molar-refractivity contribution in [3.05, 3.63) is 40.6 Å². The number of imidazole rings is 1. The van der Waals surface area contributed by atoms with Gasteiger partial charge in [-0.15, -0.1) is 11.3 Å². The largest absolute Gasteiger partial charge is 0.469 e.